The molecule has 2 atom stereocenters. The zero-order valence-electron chi connectivity index (χ0n) is 25.7. The number of ketones is 1. The van der Waals surface area contributed by atoms with E-state index in [1.165, 1.54) is 4.90 Å². The van der Waals surface area contributed by atoms with Crippen LogP contribution in [-0.2, 0) is 24.5 Å². The van der Waals surface area contributed by atoms with Crippen molar-refractivity contribution < 1.29 is 24.2 Å². The minimum atomic E-state index is -1.36. The van der Waals surface area contributed by atoms with Crippen molar-refractivity contribution in [3.8, 4) is 0 Å². The average molecular weight is 599 g/mol. The number of Topliss-reactive ketones (excluding diaryl/α,β-unsaturated/α-hetero) is 1. The van der Waals surface area contributed by atoms with Gasteiger partial charge in [-0.25, -0.2) is 4.79 Å². The van der Waals surface area contributed by atoms with Crippen LogP contribution < -0.4 is 0 Å². The average Bonchev–Trinajstić information content (AvgIpc) is 3.65. The van der Waals surface area contributed by atoms with E-state index in [9.17, 15) is 19.5 Å². The summed E-state index contributed by atoms with van der Waals surface area (Å²) >= 11 is 0. The van der Waals surface area contributed by atoms with Gasteiger partial charge in [-0.2, -0.15) is 0 Å². The first-order chi connectivity index (χ1) is 21.6. The first kappa shape index (κ1) is 29.8. The molecule has 0 fully saturated rings. The Hall–Kier alpha value is -5.30. The SMILES string of the molecule is CCOC(=O)C1=C(c2ccccc2)N=CC12C=CCN2C(=O)C1=C(O)C(=O)C(C)(c2ccccc2C)C(c2ccccc2C)=C1. The molecule has 2 heterocycles. The van der Waals surface area contributed by atoms with Gasteiger partial charge in [-0.15, -0.1) is 0 Å². The lowest BCUT2D eigenvalue weighted by atomic mass is 9.65. The highest BCUT2D eigenvalue weighted by Crippen LogP contribution is 2.48. The number of hydrogen-bond donors (Lipinski definition) is 1. The molecule has 226 valence electrons. The molecule has 6 rings (SSSR count). The summed E-state index contributed by atoms with van der Waals surface area (Å²) in [5.74, 6) is -2.40. The van der Waals surface area contributed by atoms with Gasteiger partial charge < -0.3 is 14.7 Å². The predicted octanol–water partition coefficient (Wildman–Crippen LogP) is 6.24. The van der Waals surface area contributed by atoms with Crippen LogP contribution in [0, 0.1) is 13.8 Å². The molecular weight excluding hydrogens is 564 g/mol. The lowest BCUT2D eigenvalue weighted by molar-refractivity contribution is -0.139. The molecule has 7 nitrogen and oxygen atoms in total. The van der Waals surface area contributed by atoms with Crippen LogP contribution in [0.2, 0.25) is 0 Å². The summed E-state index contributed by atoms with van der Waals surface area (Å²) < 4.78 is 5.48. The zero-order valence-corrected chi connectivity index (χ0v) is 25.7. The second kappa shape index (κ2) is 11.3. The Morgan fingerprint density at radius 2 is 1.62 bits per heavy atom. The third kappa shape index (κ3) is 4.58. The maximum absolute atomic E-state index is 14.6. The number of aliphatic hydroxyl groups excluding tert-OH is 1. The normalized spacial score (nSPS) is 22.4. The number of benzene rings is 3. The first-order valence-corrected chi connectivity index (χ1v) is 15.0. The summed E-state index contributed by atoms with van der Waals surface area (Å²) in [6.07, 6.45) is 6.73. The van der Waals surface area contributed by atoms with Crippen molar-refractivity contribution >= 4 is 35.1 Å². The van der Waals surface area contributed by atoms with Gasteiger partial charge in [0.25, 0.3) is 5.91 Å². The fraction of sp³-hybridized carbons (Fsp3) is 0.211. The van der Waals surface area contributed by atoms with E-state index in [0.717, 1.165) is 22.3 Å². The molecule has 0 saturated carbocycles. The Balaban J connectivity index is 1.52. The maximum Gasteiger partial charge on any atom is 0.339 e. The molecule has 2 unspecified atom stereocenters. The lowest BCUT2D eigenvalue weighted by Gasteiger charge is -2.38. The molecule has 0 bridgehead atoms. The van der Waals surface area contributed by atoms with E-state index in [2.05, 4.69) is 4.99 Å². The Kier molecular flexibility index (Phi) is 7.49. The van der Waals surface area contributed by atoms with Crippen LogP contribution >= 0.6 is 0 Å². The molecule has 1 N–H and O–H groups in total. The molecule has 3 aromatic carbocycles. The molecule has 45 heavy (non-hydrogen) atoms. The fourth-order valence-corrected chi connectivity index (χ4v) is 6.69. The Morgan fingerprint density at radius 1 is 0.956 bits per heavy atom. The van der Waals surface area contributed by atoms with Crippen molar-refractivity contribution in [1.29, 1.82) is 0 Å². The summed E-state index contributed by atoms with van der Waals surface area (Å²) in [5, 5.41) is 11.6. The molecule has 0 radical (unpaired) electrons. The zero-order chi connectivity index (χ0) is 31.9. The number of esters is 1. The van der Waals surface area contributed by atoms with Gasteiger partial charge in [-0.05, 0) is 61.6 Å². The van der Waals surface area contributed by atoms with Crippen LogP contribution in [0.15, 0.2) is 119 Å². The van der Waals surface area contributed by atoms with Gasteiger partial charge in [-0.1, -0.05) is 91.0 Å². The number of amides is 1. The van der Waals surface area contributed by atoms with Gasteiger partial charge >= 0.3 is 5.97 Å². The molecular formula is C38H34N2O5. The molecule has 3 aliphatic rings. The number of allylic oxidation sites excluding steroid dienone is 2. The highest BCUT2D eigenvalue weighted by atomic mass is 16.5. The number of nitrogens with zero attached hydrogens (tertiary/aromatic N) is 2. The highest BCUT2D eigenvalue weighted by molar-refractivity contribution is 6.21. The van der Waals surface area contributed by atoms with Crippen LogP contribution in [0.4, 0.5) is 0 Å². The van der Waals surface area contributed by atoms with E-state index < -0.39 is 34.4 Å². The van der Waals surface area contributed by atoms with Gasteiger partial charge in [0.1, 0.15) is 5.54 Å². The highest BCUT2D eigenvalue weighted by Gasteiger charge is 2.53. The van der Waals surface area contributed by atoms with E-state index in [4.69, 9.17) is 4.74 Å². The second-order valence-corrected chi connectivity index (χ2v) is 11.6. The molecule has 3 aromatic rings. The number of ether oxygens (including phenoxy) is 1. The van der Waals surface area contributed by atoms with Gasteiger partial charge in [-0.3, -0.25) is 14.6 Å². The molecule has 2 aliphatic heterocycles. The van der Waals surface area contributed by atoms with Crippen molar-refractivity contribution in [2.45, 2.75) is 38.6 Å². The Bertz CT molecular complexity index is 1900. The van der Waals surface area contributed by atoms with Crippen molar-refractivity contribution in [3.63, 3.8) is 0 Å². The number of rotatable bonds is 6. The lowest BCUT2D eigenvalue weighted by Crippen LogP contribution is -2.52. The van der Waals surface area contributed by atoms with Crippen LogP contribution in [-0.4, -0.2) is 52.6 Å². The molecule has 1 amide bonds. The Labute approximate surface area is 262 Å². The van der Waals surface area contributed by atoms with Crippen LogP contribution in [0.3, 0.4) is 0 Å². The van der Waals surface area contributed by atoms with Crippen molar-refractivity contribution in [1.82, 2.24) is 4.90 Å². The monoisotopic (exact) mass is 598 g/mol. The molecule has 1 aliphatic carbocycles. The second-order valence-electron chi connectivity index (χ2n) is 11.6. The minimum absolute atomic E-state index is 0.128. The van der Waals surface area contributed by atoms with Gasteiger partial charge in [0, 0.05) is 18.3 Å². The summed E-state index contributed by atoms with van der Waals surface area (Å²) in [7, 11) is 0. The first-order valence-electron chi connectivity index (χ1n) is 15.0. The van der Waals surface area contributed by atoms with E-state index in [-0.39, 0.29) is 24.3 Å². The summed E-state index contributed by atoms with van der Waals surface area (Å²) in [6.45, 7) is 7.66. The number of carbonyl (C=O) groups excluding carboxylic acids is 3. The predicted molar refractivity (Wildman–Crippen MR) is 174 cm³/mol. The standard InChI is InChI=1S/C38H34N2O5/c1-5-45-36(44)31-32(26-16-7-6-8-17-26)39-23-38(31)20-13-21-40(38)35(43)28-22-30(27-18-11-9-14-24(27)2)37(4,34(42)33(28)41)29-19-12-10-15-25(29)3/h6-20,22-23,41H,5,21H2,1-4H3. The summed E-state index contributed by atoms with van der Waals surface area (Å²) in [4.78, 5) is 48.6. The molecule has 0 saturated heterocycles. The van der Waals surface area contributed by atoms with Gasteiger partial charge in [0.15, 0.2) is 5.76 Å². The van der Waals surface area contributed by atoms with Crippen molar-refractivity contribution in [2.75, 3.05) is 13.2 Å². The van der Waals surface area contributed by atoms with Crippen LogP contribution in [0.5, 0.6) is 0 Å². The van der Waals surface area contributed by atoms with Gasteiger partial charge in [0.2, 0.25) is 5.78 Å². The topological polar surface area (TPSA) is 96.3 Å². The minimum Gasteiger partial charge on any atom is -0.504 e. The van der Waals surface area contributed by atoms with Gasteiger partial charge in [0.05, 0.1) is 28.9 Å². The number of carbonyl (C=O) groups is 3. The molecule has 1 spiro atoms. The van der Waals surface area contributed by atoms with E-state index in [1.54, 1.807) is 38.3 Å². The van der Waals surface area contributed by atoms with Crippen LogP contribution in [0.1, 0.15) is 41.7 Å². The fourth-order valence-electron chi connectivity index (χ4n) is 6.69. The third-order valence-electron chi connectivity index (χ3n) is 9.01. The summed E-state index contributed by atoms with van der Waals surface area (Å²) in [6, 6.07) is 24.5. The third-order valence-corrected chi connectivity index (χ3v) is 9.01. The summed E-state index contributed by atoms with van der Waals surface area (Å²) in [5.41, 5.74) is 2.49. The molecule has 7 heteroatoms. The quantitative estimate of drug-likeness (QED) is 0.268. The largest absolute Gasteiger partial charge is 0.504 e. The molecule has 0 aromatic heterocycles. The number of aryl methyl sites for hydroxylation is 2. The van der Waals surface area contributed by atoms with E-state index in [1.807, 2.05) is 92.7 Å². The van der Waals surface area contributed by atoms with E-state index >= 15 is 0 Å². The number of hydrogen-bond acceptors (Lipinski definition) is 6. The van der Waals surface area contributed by atoms with Crippen molar-refractivity contribution in [3.05, 3.63) is 142 Å². The van der Waals surface area contributed by atoms with Crippen molar-refractivity contribution in [2.24, 2.45) is 4.99 Å². The smallest absolute Gasteiger partial charge is 0.339 e. The van der Waals surface area contributed by atoms with E-state index in [0.29, 0.717) is 16.8 Å². The Morgan fingerprint density at radius 3 is 2.31 bits per heavy atom. The maximum atomic E-state index is 14.6. The van der Waals surface area contributed by atoms with Crippen LogP contribution in [0.25, 0.3) is 11.3 Å². The number of aliphatic imine (C=N–C) groups is 1. The number of aliphatic hydroxyl groups is 1.